The van der Waals surface area contributed by atoms with E-state index in [2.05, 4.69) is 81.5 Å². The van der Waals surface area contributed by atoms with Gasteiger partial charge in [0.1, 0.15) is 0 Å². The van der Waals surface area contributed by atoms with Crippen LogP contribution in [0.15, 0.2) is 48.6 Å². The predicted octanol–water partition coefficient (Wildman–Crippen LogP) is 14.2. The largest absolute Gasteiger partial charge is 0.344 e. The molecule has 0 aromatic heterocycles. The van der Waals surface area contributed by atoms with Gasteiger partial charge in [-0.2, -0.15) is 0 Å². The first-order valence-corrected chi connectivity index (χ1v) is 21.7. The van der Waals surface area contributed by atoms with Crippen molar-refractivity contribution in [3.05, 3.63) is 48.6 Å². The van der Waals surface area contributed by atoms with Crippen LogP contribution in [-0.2, 0) is 9.47 Å². The molecule has 3 nitrogen and oxygen atoms in total. The van der Waals surface area contributed by atoms with Crippen molar-refractivity contribution in [2.45, 2.75) is 218 Å². The Balaban J connectivity index is 1.61. The first-order valence-electron chi connectivity index (χ1n) is 21.7. The van der Waals surface area contributed by atoms with Gasteiger partial charge in [-0.25, -0.2) is 0 Å². The summed E-state index contributed by atoms with van der Waals surface area (Å²) >= 11 is 0. The molecule has 0 amide bonds. The molecule has 2 fully saturated rings. The number of hydrogen-bond donors (Lipinski definition) is 0. The highest BCUT2D eigenvalue weighted by Gasteiger charge is 2.48. The van der Waals surface area contributed by atoms with Crippen LogP contribution in [0.4, 0.5) is 0 Å². The molecule has 2 aliphatic rings. The summed E-state index contributed by atoms with van der Waals surface area (Å²) in [7, 11) is 4.42. The quantitative estimate of drug-likeness (QED) is 0.0521. The molecule has 1 saturated heterocycles. The van der Waals surface area contributed by atoms with Gasteiger partial charge >= 0.3 is 0 Å². The predicted molar refractivity (Wildman–Crippen MR) is 216 cm³/mol. The maximum Gasteiger partial charge on any atom is 0.169 e. The van der Waals surface area contributed by atoms with Crippen LogP contribution in [0, 0.1) is 5.92 Å². The van der Waals surface area contributed by atoms with E-state index in [0.717, 1.165) is 31.6 Å². The van der Waals surface area contributed by atoms with Gasteiger partial charge in [0.05, 0.1) is 12.2 Å². The van der Waals surface area contributed by atoms with Crippen LogP contribution in [0.1, 0.15) is 200 Å². The molecule has 0 aromatic rings. The molecule has 1 aliphatic heterocycles. The molecule has 0 bridgehead atoms. The van der Waals surface area contributed by atoms with Crippen molar-refractivity contribution in [1.82, 2.24) is 4.90 Å². The minimum Gasteiger partial charge on any atom is -0.344 e. The molecular weight excluding hydrogens is 599 g/mol. The average Bonchev–Trinajstić information content (AvgIpc) is 3.45. The lowest BCUT2D eigenvalue weighted by Crippen LogP contribution is -2.35. The highest BCUT2D eigenvalue weighted by molar-refractivity contribution is 4.94. The van der Waals surface area contributed by atoms with E-state index in [1.54, 1.807) is 0 Å². The number of rotatable bonds is 32. The van der Waals surface area contributed by atoms with Gasteiger partial charge in [-0.05, 0) is 116 Å². The Bertz CT molecular complexity index is 809. The van der Waals surface area contributed by atoms with E-state index in [9.17, 15) is 0 Å². The number of unbranched alkanes of at least 4 members (excludes halogenated alkanes) is 18. The Hall–Kier alpha value is -1.16. The molecule has 0 unspecified atom stereocenters. The van der Waals surface area contributed by atoms with Crippen molar-refractivity contribution in [2.24, 2.45) is 5.92 Å². The third kappa shape index (κ3) is 23.1. The van der Waals surface area contributed by atoms with Gasteiger partial charge in [0.25, 0.3) is 0 Å². The second kappa shape index (κ2) is 30.5. The Morgan fingerprint density at radius 1 is 0.490 bits per heavy atom. The van der Waals surface area contributed by atoms with E-state index in [-0.39, 0.29) is 5.79 Å². The van der Waals surface area contributed by atoms with Crippen molar-refractivity contribution in [3.8, 4) is 0 Å². The van der Waals surface area contributed by atoms with Crippen molar-refractivity contribution < 1.29 is 9.47 Å². The lowest BCUT2D eigenvalue weighted by Gasteiger charge is -2.31. The van der Waals surface area contributed by atoms with Crippen LogP contribution in [-0.4, -0.2) is 43.5 Å². The molecule has 284 valence electrons. The monoisotopic (exact) mass is 682 g/mol. The zero-order valence-electron chi connectivity index (χ0n) is 33.3. The van der Waals surface area contributed by atoms with E-state index in [4.69, 9.17) is 9.47 Å². The summed E-state index contributed by atoms with van der Waals surface area (Å²) in [4.78, 5) is 2.35. The Kier molecular flexibility index (Phi) is 27.4. The fourth-order valence-electron chi connectivity index (χ4n) is 7.83. The topological polar surface area (TPSA) is 21.7 Å². The van der Waals surface area contributed by atoms with E-state index < -0.39 is 0 Å². The lowest BCUT2D eigenvalue weighted by molar-refractivity contribution is -0.186. The van der Waals surface area contributed by atoms with Gasteiger partial charge < -0.3 is 14.4 Å². The smallest absolute Gasteiger partial charge is 0.169 e. The van der Waals surface area contributed by atoms with Crippen molar-refractivity contribution in [3.63, 3.8) is 0 Å². The summed E-state index contributed by atoms with van der Waals surface area (Å²) in [6.45, 7) is 5.72. The molecule has 1 saturated carbocycles. The van der Waals surface area contributed by atoms with Crippen molar-refractivity contribution >= 4 is 0 Å². The summed E-state index contributed by atoms with van der Waals surface area (Å²) < 4.78 is 13.8. The fourth-order valence-corrected chi connectivity index (χ4v) is 7.83. The van der Waals surface area contributed by atoms with Gasteiger partial charge in [0.2, 0.25) is 0 Å². The summed E-state index contributed by atoms with van der Waals surface area (Å²) in [5.74, 6) is 0.437. The van der Waals surface area contributed by atoms with E-state index in [0.29, 0.717) is 12.2 Å². The fraction of sp³-hybridized carbons (Fsp3) is 0.826. The van der Waals surface area contributed by atoms with Crippen LogP contribution >= 0.6 is 0 Å². The van der Waals surface area contributed by atoms with Crippen LogP contribution in [0.5, 0.6) is 0 Å². The molecule has 0 radical (unpaired) electrons. The lowest BCUT2D eigenvalue weighted by atomic mass is 9.85. The second-order valence-corrected chi connectivity index (χ2v) is 15.8. The maximum absolute atomic E-state index is 6.95. The average molecular weight is 682 g/mol. The molecule has 3 atom stereocenters. The highest BCUT2D eigenvalue weighted by atomic mass is 16.8. The Labute approximate surface area is 306 Å². The van der Waals surface area contributed by atoms with Crippen LogP contribution in [0.2, 0.25) is 0 Å². The number of allylic oxidation sites excluding steroid dienone is 8. The van der Waals surface area contributed by atoms with Gasteiger partial charge in [-0.3, -0.25) is 0 Å². The second-order valence-electron chi connectivity index (χ2n) is 15.8. The molecule has 1 heterocycles. The maximum atomic E-state index is 6.95. The molecular formula is C46H83NO2. The van der Waals surface area contributed by atoms with Crippen LogP contribution in [0.3, 0.4) is 0 Å². The SMILES string of the molecule is CCCCC/C=C\C/C=C\CCCCCCCCC1(CCCCCCCC/C=C\C/C=C\CCCCC)O[C@H]2C[C@H](CN(C)C)CC[C@H]2O1. The van der Waals surface area contributed by atoms with Gasteiger partial charge in [0.15, 0.2) is 5.79 Å². The summed E-state index contributed by atoms with van der Waals surface area (Å²) in [5.41, 5.74) is 0. The summed E-state index contributed by atoms with van der Waals surface area (Å²) in [5, 5.41) is 0. The van der Waals surface area contributed by atoms with Gasteiger partial charge in [0, 0.05) is 19.4 Å². The third-order valence-electron chi connectivity index (χ3n) is 10.7. The molecule has 49 heavy (non-hydrogen) atoms. The minimum absolute atomic E-state index is 0.313. The number of fused-ring (bicyclic) bond motifs is 1. The third-order valence-corrected chi connectivity index (χ3v) is 10.7. The zero-order valence-corrected chi connectivity index (χ0v) is 33.3. The summed E-state index contributed by atoms with van der Waals surface area (Å²) in [6, 6.07) is 0. The zero-order chi connectivity index (χ0) is 35.1. The normalized spacial score (nSPS) is 21.0. The number of nitrogens with zero attached hydrogens (tertiary/aromatic N) is 1. The van der Waals surface area contributed by atoms with Gasteiger partial charge in [-0.1, -0.05) is 140 Å². The summed E-state index contributed by atoms with van der Waals surface area (Å²) in [6.07, 6.45) is 56.5. The molecule has 1 aliphatic carbocycles. The number of hydrogen-bond acceptors (Lipinski definition) is 3. The molecule has 0 spiro atoms. The molecule has 3 heteroatoms. The molecule has 2 rings (SSSR count). The molecule has 0 aromatic carbocycles. The van der Waals surface area contributed by atoms with Crippen molar-refractivity contribution in [2.75, 3.05) is 20.6 Å². The van der Waals surface area contributed by atoms with E-state index in [1.807, 2.05) is 0 Å². The molecule has 0 N–H and O–H groups in total. The Morgan fingerprint density at radius 3 is 1.35 bits per heavy atom. The minimum atomic E-state index is -0.313. The first kappa shape index (κ1) is 44.0. The van der Waals surface area contributed by atoms with E-state index >= 15 is 0 Å². The van der Waals surface area contributed by atoms with Crippen molar-refractivity contribution in [1.29, 1.82) is 0 Å². The number of ether oxygens (including phenoxy) is 2. The van der Waals surface area contributed by atoms with E-state index in [1.165, 1.54) is 167 Å². The first-order chi connectivity index (χ1) is 24.1. The van der Waals surface area contributed by atoms with Crippen LogP contribution < -0.4 is 0 Å². The Morgan fingerprint density at radius 2 is 0.898 bits per heavy atom. The standard InChI is InChI=1S/C46H83NO2/c1-5-7-9-11-13-15-17-19-21-23-25-27-29-31-33-35-39-46(48-44-38-37-43(42-47(3)4)41-45(44)49-46)40-36-34-32-30-28-26-24-22-20-18-16-14-12-10-8-6-2/h13-16,19-22,43-45H,5-12,17-18,23-42H2,1-4H3/b15-13-,16-14-,21-19-,22-20-/t43-,44-,45+/m1/s1. The van der Waals surface area contributed by atoms with Gasteiger partial charge in [-0.15, -0.1) is 0 Å². The highest BCUT2D eigenvalue weighted by Crippen LogP contribution is 2.44. The van der Waals surface area contributed by atoms with Crippen LogP contribution in [0.25, 0.3) is 0 Å².